The van der Waals surface area contributed by atoms with Gasteiger partial charge in [-0.2, -0.15) is 0 Å². The molecule has 1 N–H and O–H groups in total. The van der Waals surface area contributed by atoms with Crippen LogP contribution in [0.3, 0.4) is 0 Å². The van der Waals surface area contributed by atoms with E-state index < -0.39 is 16.7 Å². The number of ketones is 1. The Morgan fingerprint density at radius 3 is 2.48 bits per heavy atom. The average molecular weight is 531 g/mol. The minimum atomic E-state index is -0.924. The highest BCUT2D eigenvalue weighted by molar-refractivity contribution is 6.62. The fourth-order valence-electron chi connectivity index (χ4n) is 4.41. The second-order valence-electron chi connectivity index (χ2n) is 8.68. The maximum absolute atomic E-state index is 13.7. The van der Waals surface area contributed by atoms with Gasteiger partial charge in [0.2, 0.25) is 5.78 Å². The molecule has 6 rings (SSSR count). The lowest BCUT2D eigenvalue weighted by atomic mass is 9.91. The zero-order valence-electron chi connectivity index (χ0n) is 20.5. The van der Waals surface area contributed by atoms with Gasteiger partial charge in [-0.05, 0) is 30.3 Å². The summed E-state index contributed by atoms with van der Waals surface area (Å²) in [6.07, 6.45) is 0. The minimum absolute atomic E-state index is 0.0414. The van der Waals surface area contributed by atoms with Crippen LogP contribution < -0.4 is 4.74 Å². The molecule has 0 aliphatic heterocycles. The molecule has 1 aliphatic rings. The summed E-state index contributed by atoms with van der Waals surface area (Å²) in [5.41, 5.74) is 1.25. The van der Waals surface area contributed by atoms with Crippen LogP contribution in [0.2, 0.25) is 0 Å². The SMILES string of the molecule is O=C1C(=Nc2cccc(OC(=O)c3ccccc3[N+](=O)[O-])c2)C(n2nnc3ccccc32)=C(O)c2ccccc21. The average Bonchev–Trinajstić information content (AvgIpc) is 3.40. The summed E-state index contributed by atoms with van der Waals surface area (Å²) in [4.78, 5) is 41.6. The van der Waals surface area contributed by atoms with E-state index in [0.29, 0.717) is 16.6 Å². The number of benzene rings is 4. The molecular weight excluding hydrogens is 514 g/mol. The first-order valence-electron chi connectivity index (χ1n) is 12.0. The van der Waals surface area contributed by atoms with E-state index in [9.17, 15) is 24.8 Å². The molecule has 4 aromatic carbocycles. The van der Waals surface area contributed by atoms with Crippen LogP contribution >= 0.6 is 0 Å². The van der Waals surface area contributed by atoms with Crippen LogP contribution in [0.15, 0.2) is 102 Å². The molecular formula is C29H17N5O6. The lowest BCUT2D eigenvalue weighted by Crippen LogP contribution is -2.27. The Bertz CT molecular complexity index is 1920. The number of nitro groups is 1. The normalized spacial score (nSPS) is 13.9. The zero-order valence-corrected chi connectivity index (χ0v) is 20.5. The molecule has 194 valence electrons. The number of aliphatic hydroxyl groups is 1. The van der Waals surface area contributed by atoms with E-state index in [0.717, 1.165) is 0 Å². The third-order valence-corrected chi connectivity index (χ3v) is 6.24. The van der Waals surface area contributed by atoms with Crippen LogP contribution in [0.25, 0.3) is 22.5 Å². The number of Topliss-reactive ketones (excluding diaryl/α,β-unsaturated/α-hetero) is 1. The highest BCUT2D eigenvalue weighted by atomic mass is 16.6. The van der Waals surface area contributed by atoms with Crippen molar-refractivity contribution in [3.8, 4) is 5.75 Å². The Labute approximate surface area is 225 Å². The Kier molecular flexibility index (Phi) is 5.93. The van der Waals surface area contributed by atoms with Crippen LogP contribution in [0.4, 0.5) is 11.4 Å². The van der Waals surface area contributed by atoms with Crippen molar-refractivity contribution in [2.45, 2.75) is 0 Å². The lowest BCUT2D eigenvalue weighted by molar-refractivity contribution is -0.385. The van der Waals surface area contributed by atoms with E-state index >= 15 is 0 Å². The van der Waals surface area contributed by atoms with E-state index in [1.54, 1.807) is 60.7 Å². The maximum Gasteiger partial charge on any atom is 0.350 e. The molecule has 0 atom stereocenters. The van der Waals surface area contributed by atoms with Gasteiger partial charge in [-0.1, -0.05) is 59.8 Å². The third kappa shape index (κ3) is 4.17. The number of carbonyl (C=O) groups is 2. The van der Waals surface area contributed by atoms with E-state index in [4.69, 9.17) is 4.74 Å². The number of allylic oxidation sites excluding steroid dienone is 1. The number of rotatable bonds is 5. The number of fused-ring (bicyclic) bond motifs is 2. The number of esters is 1. The van der Waals surface area contributed by atoms with Gasteiger partial charge in [0.1, 0.15) is 28.2 Å². The molecule has 40 heavy (non-hydrogen) atoms. The second-order valence-corrected chi connectivity index (χ2v) is 8.68. The fourth-order valence-corrected chi connectivity index (χ4v) is 4.41. The molecule has 0 fully saturated rings. The molecule has 0 bridgehead atoms. The van der Waals surface area contributed by atoms with Gasteiger partial charge in [-0.3, -0.25) is 14.9 Å². The highest BCUT2D eigenvalue weighted by Gasteiger charge is 2.34. The molecule has 1 heterocycles. The number of hydrogen-bond acceptors (Lipinski definition) is 9. The number of aliphatic imine (C=N–C) groups is 1. The molecule has 0 spiro atoms. The van der Waals surface area contributed by atoms with Crippen LogP contribution in [-0.2, 0) is 0 Å². The van der Waals surface area contributed by atoms with Crippen molar-refractivity contribution < 1.29 is 24.4 Å². The summed E-state index contributed by atoms with van der Waals surface area (Å²) in [6.45, 7) is 0. The van der Waals surface area contributed by atoms with Crippen molar-refractivity contribution in [1.82, 2.24) is 15.0 Å². The Morgan fingerprint density at radius 2 is 1.65 bits per heavy atom. The molecule has 5 aromatic rings. The fraction of sp³-hybridized carbons (Fsp3) is 0. The summed E-state index contributed by atoms with van der Waals surface area (Å²) in [5, 5.41) is 31.0. The summed E-state index contributed by atoms with van der Waals surface area (Å²) < 4.78 is 6.75. The van der Waals surface area contributed by atoms with Crippen molar-refractivity contribution in [1.29, 1.82) is 0 Å². The standard InChI is InChI=1S/C29H17N5O6/c35-27-19-10-1-2-11-20(19)28(36)26(33-24-15-6-4-13-22(24)31-32-33)25(27)30-17-8-7-9-18(16-17)40-29(37)21-12-3-5-14-23(21)34(38)39/h1-16,36H. The van der Waals surface area contributed by atoms with Crippen molar-refractivity contribution in [2.24, 2.45) is 4.99 Å². The summed E-state index contributed by atoms with van der Waals surface area (Å²) in [6, 6.07) is 25.1. The number of nitrogens with zero attached hydrogens (tertiary/aromatic N) is 5. The second kappa shape index (κ2) is 9.72. The number of para-hydroxylation sites is 2. The maximum atomic E-state index is 13.7. The molecule has 0 saturated carbocycles. The van der Waals surface area contributed by atoms with Crippen LogP contribution in [0, 0.1) is 10.1 Å². The number of hydrogen-bond donors (Lipinski definition) is 1. The van der Waals surface area contributed by atoms with Crippen molar-refractivity contribution in [3.05, 3.63) is 124 Å². The topological polar surface area (TPSA) is 150 Å². The molecule has 1 aromatic heterocycles. The van der Waals surface area contributed by atoms with Crippen LogP contribution in [0.5, 0.6) is 5.75 Å². The lowest BCUT2D eigenvalue weighted by Gasteiger charge is -2.20. The van der Waals surface area contributed by atoms with Crippen LogP contribution in [-0.4, -0.2) is 42.5 Å². The first kappa shape index (κ1) is 24.4. The molecule has 0 saturated heterocycles. The number of ether oxygens (including phenoxy) is 1. The molecule has 0 amide bonds. The van der Waals surface area contributed by atoms with Gasteiger partial charge in [-0.15, -0.1) is 5.10 Å². The largest absolute Gasteiger partial charge is 0.505 e. The zero-order chi connectivity index (χ0) is 27.8. The first-order valence-corrected chi connectivity index (χ1v) is 12.0. The van der Waals surface area contributed by atoms with Crippen molar-refractivity contribution >= 4 is 51.3 Å². The van der Waals surface area contributed by atoms with Gasteiger partial charge in [-0.25, -0.2) is 14.5 Å². The predicted molar refractivity (Wildman–Crippen MR) is 146 cm³/mol. The number of aliphatic hydroxyl groups excluding tert-OH is 1. The Balaban J connectivity index is 1.44. The number of nitro benzene ring substituents is 1. The van der Waals surface area contributed by atoms with E-state index in [1.165, 1.54) is 41.1 Å². The van der Waals surface area contributed by atoms with E-state index in [1.807, 2.05) is 0 Å². The van der Waals surface area contributed by atoms with Gasteiger partial charge in [0.15, 0.2) is 5.76 Å². The van der Waals surface area contributed by atoms with Gasteiger partial charge in [0, 0.05) is 23.3 Å². The number of carbonyl (C=O) groups excluding carboxylic acids is 2. The van der Waals surface area contributed by atoms with Gasteiger partial charge < -0.3 is 9.84 Å². The first-order chi connectivity index (χ1) is 19.4. The monoisotopic (exact) mass is 531 g/mol. The summed E-state index contributed by atoms with van der Waals surface area (Å²) in [7, 11) is 0. The molecule has 1 aliphatic carbocycles. The summed E-state index contributed by atoms with van der Waals surface area (Å²) >= 11 is 0. The Hall–Kier alpha value is -5.97. The smallest absolute Gasteiger partial charge is 0.350 e. The van der Waals surface area contributed by atoms with Crippen molar-refractivity contribution in [2.75, 3.05) is 0 Å². The van der Waals surface area contributed by atoms with Gasteiger partial charge in [0.25, 0.3) is 5.69 Å². The number of aromatic nitrogens is 3. The molecule has 0 unspecified atom stereocenters. The van der Waals surface area contributed by atoms with E-state index in [-0.39, 0.29) is 45.4 Å². The quantitative estimate of drug-likeness (QED) is 0.137. The highest BCUT2D eigenvalue weighted by Crippen LogP contribution is 2.34. The van der Waals surface area contributed by atoms with Gasteiger partial charge >= 0.3 is 5.97 Å². The molecule has 11 nitrogen and oxygen atoms in total. The third-order valence-electron chi connectivity index (χ3n) is 6.24. The molecule has 11 heteroatoms. The Morgan fingerprint density at radius 1 is 0.925 bits per heavy atom. The van der Waals surface area contributed by atoms with Crippen LogP contribution in [0.1, 0.15) is 26.3 Å². The van der Waals surface area contributed by atoms with Gasteiger partial charge in [0.05, 0.1) is 16.1 Å². The minimum Gasteiger partial charge on any atom is -0.505 e. The molecule has 0 radical (unpaired) electrons. The summed E-state index contributed by atoms with van der Waals surface area (Å²) in [5.74, 6) is -1.53. The van der Waals surface area contributed by atoms with E-state index in [2.05, 4.69) is 15.3 Å². The predicted octanol–water partition coefficient (Wildman–Crippen LogP) is 5.41. The van der Waals surface area contributed by atoms with Crippen molar-refractivity contribution in [3.63, 3.8) is 0 Å².